The number of benzene rings is 1. The fourth-order valence-electron chi connectivity index (χ4n) is 2.53. The van der Waals surface area contributed by atoms with E-state index in [2.05, 4.69) is 21.0 Å². The van der Waals surface area contributed by atoms with Gasteiger partial charge < -0.3 is 5.73 Å². The van der Waals surface area contributed by atoms with Crippen LogP contribution < -0.4 is 5.73 Å². The summed E-state index contributed by atoms with van der Waals surface area (Å²) in [5.41, 5.74) is 9.90. The number of anilines is 1. The molecule has 0 bridgehead atoms. The number of fused-ring (bicyclic) bond motifs is 1. The summed E-state index contributed by atoms with van der Waals surface area (Å²) < 4.78 is 16.0. The molecule has 2 N–H and O–H groups in total. The average Bonchev–Trinajstić information content (AvgIpc) is 2.89. The monoisotopic (exact) mass is 309 g/mol. The molecule has 0 spiro atoms. The van der Waals surface area contributed by atoms with E-state index >= 15 is 0 Å². The first-order valence-corrected chi connectivity index (χ1v) is 6.69. The molecule has 1 aromatic carbocycles. The van der Waals surface area contributed by atoms with Crippen LogP contribution >= 0.6 is 15.9 Å². The summed E-state index contributed by atoms with van der Waals surface area (Å²) in [4.78, 5) is 0. The Morgan fingerprint density at radius 1 is 1.39 bits per heavy atom. The molecule has 0 saturated heterocycles. The Morgan fingerprint density at radius 2 is 2.17 bits per heavy atom. The second-order valence-corrected chi connectivity index (χ2v) is 5.48. The molecule has 94 valence electrons. The molecule has 0 unspecified atom stereocenters. The third-order valence-corrected chi connectivity index (χ3v) is 4.04. The number of aryl methyl sites for hydroxylation is 1. The van der Waals surface area contributed by atoms with Crippen LogP contribution in [0.3, 0.4) is 0 Å². The van der Waals surface area contributed by atoms with Crippen molar-refractivity contribution in [2.24, 2.45) is 0 Å². The quantitative estimate of drug-likeness (QED) is 0.879. The van der Waals surface area contributed by atoms with Gasteiger partial charge in [-0.2, -0.15) is 5.10 Å². The third-order valence-electron chi connectivity index (χ3n) is 3.43. The number of hydrogen-bond acceptors (Lipinski definition) is 2. The minimum atomic E-state index is -0.281. The topological polar surface area (TPSA) is 43.8 Å². The van der Waals surface area contributed by atoms with Gasteiger partial charge in [-0.15, -0.1) is 0 Å². The van der Waals surface area contributed by atoms with Gasteiger partial charge in [0.15, 0.2) is 0 Å². The molecule has 0 fully saturated rings. The van der Waals surface area contributed by atoms with Gasteiger partial charge in [-0.1, -0.05) is 0 Å². The lowest BCUT2D eigenvalue weighted by atomic mass is 10.2. The minimum Gasteiger partial charge on any atom is -0.382 e. The number of nitrogens with two attached hydrogens (primary N) is 1. The van der Waals surface area contributed by atoms with E-state index in [0.717, 1.165) is 41.8 Å². The van der Waals surface area contributed by atoms with Gasteiger partial charge in [-0.25, -0.2) is 9.07 Å². The van der Waals surface area contributed by atoms with Gasteiger partial charge in [-0.3, -0.25) is 0 Å². The first-order valence-electron chi connectivity index (χ1n) is 5.90. The molecule has 0 radical (unpaired) electrons. The molecule has 0 saturated carbocycles. The first-order chi connectivity index (χ1) is 8.58. The Balaban J connectivity index is 2.22. The zero-order valence-electron chi connectivity index (χ0n) is 10.0. The Bertz CT molecular complexity index is 634. The van der Waals surface area contributed by atoms with Crippen LogP contribution in [-0.2, 0) is 12.8 Å². The van der Waals surface area contributed by atoms with Crippen LogP contribution in [0.4, 0.5) is 10.2 Å². The Labute approximate surface area is 113 Å². The standard InChI is InChI=1S/C13H13BrFN3/c1-7-5-9(14)10(15)6-12(7)18-11-4-2-3-8(11)13(16)17-18/h5-6H,2-4H2,1H3,(H2,16,17). The molecule has 3 rings (SSSR count). The van der Waals surface area contributed by atoms with Crippen molar-refractivity contribution in [2.75, 3.05) is 5.73 Å². The molecule has 0 atom stereocenters. The highest BCUT2D eigenvalue weighted by Crippen LogP contribution is 2.31. The highest BCUT2D eigenvalue weighted by Gasteiger charge is 2.22. The summed E-state index contributed by atoms with van der Waals surface area (Å²) in [7, 11) is 0. The first kappa shape index (κ1) is 11.7. The van der Waals surface area contributed by atoms with Crippen molar-refractivity contribution in [3.05, 3.63) is 39.2 Å². The van der Waals surface area contributed by atoms with Gasteiger partial charge in [0.2, 0.25) is 0 Å². The molecule has 1 aromatic heterocycles. The van der Waals surface area contributed by atoms with Gasteiger partial charge >= 0.3 is 0 Å². The summed E-state index contributed by atoms with van der Waals surface area (Å²) in [6, 6.07) is 3.27. The van der Waals surface area contributed by atoms with Crippen molar-refractivity contribution >= 4 is 21.7 Å². The summed E-state index contributed by atoms with van der Waals surface area (Å²) in [5, 5.41) is 4.35. The molecule has 3 nitrogen and oxygen atoms in total. The summed E-state index contributed by atoms with van der Waals surface area (Å²) >= 11 is 3.19. The maximum absolute atomic E-state index is 13.7. The normalized spacial score (nSPS) is 13.9. The van der Waals surface area contributed by atoms with Crippen LogP contribution in [0, 0.1) is 12.7 Å². The molecule has 1 aliphatic rings. The van der Waals surface area contributed by atoms with E-state index in [1.165, 1.54) is 6.07 Å². The fraction of sp³-hybridized carbons (Fsp3) is 0.308. The van der Waals surface area contributed by atoms with E-state index in [0.29, 0.717) is 10.3 Å². The largest absolute Gasteiger partial charge is 0.382 e. The lowest BCUT2D eigenvalue weighted by molar-refractivity contribution is 0.617. The Kier molecular flexibility index (Phi) is 2.66. The van der Waals surface area contributed by atoms with Crippen molar-refractivity contribution in [2.45, 2.75) is 26.2 Å². The van der Waals surface area contributed by atoms with Crippen LogP contribution in [0.5, 0.6) is 0 Å². The molecule has 2 aromatic rings. The molecular formula is C13H13BrFN3. The van der Waals surface area contributed by atoms with Crippen molar-refractivity contribution < 1.29 is 4.39 Å². The van der Waals surface area contributed by atoms with Crippen molar-refractivity contribution in [3.8, 4) is 5.69 Å². The number of rotatable bonds is 1. The average molecular weight is 310 g/mol. The zero-order chi connectivity index (χ0) is 12.9. The van der Waals surface area contributed by atoms with E-state index in [9.17, 15) is 4.39 Å². The molecule has 0 aliphatic heterocycles. The van der Waals surface area contributed by atoms with Crippen molar-refractivity contribution in [3.63, 3.8) is 0 Å². The van der Waals surface area contributed by atoms with Crippen LogP contribution in [0.25, 0.3) is 5.69 Å². The van der Waals surface area contributed by atoms with Crippen LogP contribution in [-0.4, -0.2) is 9.78 Å². The number of nitrogens with zero attached hydrogens (tertiary/aromatic N) is 2. The molecule has 5 heteroatoms. The fourth-order valence-corrected chi connectivity index (χ4v) is 2.99. The number of nitrogen functional groups attached to an aromatic ring is 1. The molecule has 0 amide bonds. The lowest BCUT2D eigenvalue weighted by Crippen LogP contribution is -2.04. The smallest absolute Gasteiger partial charge is 0.149 e. The van der Waals surface area contributed by atoms with Crippen LogP contribution in [0.2, 0.25) is 0 Å². The second kappa shape index (κ2) is 4.09. The number of hydrogen-bond donors (Lipinski definition) is 1. The predicted octanol–water partition coefficient (Wildman–Crippen LogP) is 3.15. The van der Waals surface area contributed by atoms with Crippen molar-refractivity contribution in [1.82, 2.24) is 9.78 Å². The zero-order valence-corrected chi connectivity index (χ0v) is 11.6. The van der Waals surface area contributed by atoms with Crippen LogP contribution in [0.1, 0.15) is 23.2 Å². The minimum absolute atomic E-state index is 0.281. The number of halogens is 2. The van der Waals surface area contributed by atoms with Gasteiger partial charge in [0, 0.05) is 17.3 Å². The van der Waals surface area contributed by atoms with Gasteiger partial charge in [0.25, 0.3) is 0 Å². The van der Waals surface area contributed by atoms with E-state index in [4.69, 9.17) is 5.73 Å². The Morgan fingerprint density at radius 3 is 2.94 bits per heavy atom. The van der Waals surface area contributed by atoms with E-state index in [1.807, 2.05) is 6.92 Å². The molecule has 1 aliphatic carbocycles. The van der Waals surface area contributed by atoms with E-state index < -0.39 is 0 Å². The molecular weight excluding hydrogens is 297 g/mol. The van der Waals surface area contributed by atoms with Gasteiger partial charge in [0.05, 0.1) is 10.2 Å². The number of aromatic nitrogens is 2. The lowest BCUT2D eigenvalue weighted by Gasteiger charge is -2.10. The van der Waals surface area contributed by atoms with Gasteiger partial charge in [-0.05, 0) is 53.7 Å². The van der Waals surface area contributed by atoms with Crippen molar-refractivity contribution in [1.29, 1.82) is 0 Å². The highest BCUT2D eigenvalue weighted by molar-refractivity contribution is 9.10. The SMILES string of the molecule is Cc1cc(Br)c(F)cc1-n1nc(N)c2c1CCC2. The molecule has 1 heterocycles. The summed E-state index contributed by atoms with van der Waals surface area (Å²) in [5.74, 6) is 0.293. The molecule has 18 heavy (non-hydrogen) atoms. The Hall–Kier alpha value is -1.36. The van der Waals surface area contributed by atoms with Gasteiger partial charge in [0.1, 0.15) is 11.6 Å². The van der Waals surface area contributed by atoms with Crippen LogP contribution in [0.15, 0.2) is 16.6 Å². The highest BCUT2D eigenvalue weighted by atomic mass is 79.9. The third kappa shape index (κ3) is 1.65. The second-order valence-electron chi connectivity index (χ2n) is 4.63. The van der Waals surface area contributed by atoms with E-state index in [-0.39, 0.29) is 5.82 Å². The predicted molar refractivity (Wildman–Crippen MR) is 72.4 cm³/mol. The maximum Gasteiger partial charge on any atom is 0.149 e. The summed E-state index contributed by atoms with van der Waals surface area (Å²) in [6.45, 7) is 1.94. The van der Waals surface area contributed by atoms with E-state index in [1.54, 1.807) is 10.7 Å². The maximum atomic E-state index is 13.7. The summed E-state index contributed by atoms with van der Waals surface area (Å²) in [6.07, 6.45) is 3.02.